The summed E-state index contributed by atoms with van der Waals surface area (Å²) in [6.07, 6.45) is 11.9. The topological polar surface area (TPSA) is 143 Å². The zero-order valence-electron chi connectivity index (χ0n) is 27.2. The van der Waals surface area contributed by atoms with Crippen molar-refractivity contribution in [3.05, 3.63) is 35.6 Å². The number of halogens is 1. The maximum absolute atomic E-state index is 14.2. The van der Waals surface area contributed by atoms with Crippen LogP contribution in [0.1, 0.15) is 99.6 Å². The molecule has 4 aliphatic rings. The summed E-state index contributed by atoms with van der Waals surface area (Å²) in [5, 5.41) is 0.599. The van der Waals surface area contributed by atoms with Gasteiger partial charge >= 0.3 is 16.1 Å². The van der Waals surface area contributed by atoms with Crippen molar-refractivity contribution in [2.24, 2.45) is 29.4 Å². The van der Waals surface area contributed by atoms with Gasteiger partial charge in [-0.2, -0.15) is 12.7 Å². The second-order valence-corrected chi connectivity index (χ2v) is 15.9. The number of piperidine rings is 1. The number of rotatable bonds is 10. The largest absolute Gasteiger partial charge is 0.451 e. The number of nitrogens with zero attached hydrogens (tertiary/aromatic N) is 2. The average Bonchev–Trinajstić information content (AvgIpc) is 3.73. The summed E-state index contributed by atoms with van der Waals surface area (Å²) in [6.45, 7) is 0.790. The molecule has 12 heteroatoms. The Morgan fingerprint density at radius 1 is 0.915 bits per heavy atom. The Kier molecular flexibility index (Phi) is 10.7. The number of benzene rings is 1. The van der Waals surface area contributed by atoms with Gasteiger partial charge in [-0.05, 0) is 86.5 Å². The number of amides is 2. The molecule has 10 nitrogen and oxygen atoms in total. The van der Waals surface area contributed by atoms with Gasteiger partial charge < -0.3 is 15.1 Å². The van der Waals surface area contributed by atoms with Crippen LogP contribution in [0.2, 0.25) is 0 Å². The van der Waals surface area contributed by atoms with Crippen molar-refractivity contribution in [2.75, 3.05) is 26.3 Å². The van der Waals surface area contributed by atoms with E-state index in [-0.39, 0.29) is 41.6 Å². The Morgan fingerprint density at radius 3 is 2.32 bits per heavy atom. The maximum Gasteiger partial charge on any atom is 0.304 e. The van der Waals surface area contributed by atoms with Crippen LogP contribution in [0.5, 0.6) is 0 Å². The fraction of sp³-hybridized carbons (Fsp3) is 0.686. The van der Waals surface area contributed by atoms with Crippen LogP contribution in [0, 0.1) is 23.7 Å². The SMILES string of the molecule is N[C@H](CF)C1CCC(C(=O)N2CC[C@@H](C3CCCCC3)[C@H]2C(=O)Cc2ccc3oc(C(=O)NS(=O)(=O)N4CCCCC4)cc3c2)CC1. The van der Waals surface area contributed by atoms with Gasteiger partial charge in [-0.3, -0.25) is 14.4 Å². The van der Waals surface area contributed by atoms with E-state index in [0.717, 1.165) is 69.8 Å². The minimum atomic E-state index is -3.97. The molecule has 2 aromatic rings. The summed E-state index contributed by atoms with van der Waals surface area (Å²) in [5.74, 6) is -0.382. The molecular formula is C35H49FN4O6S. The second kappa shape index (κ2) is 14.7. The Labute approximate surface area is 277 Å². The monoisotopic (exact) mass is 672 g/mol. The van der Waals surface area contributed by atoms with Crippen LogP contribution in [0.25, 0.3) is 11.0 Å². The van der Waals surface area contributed by atoms with Gasteiger partial charge in [0.2, 0.25) is 5.91 Å². The second-order valence-electron chi connectivity index (χ2n) is 14.3. The molecule has 0 bridgehead atoms. The van der Waals surface area contributed by atoms with Gasteiger partial charge in [-0.15, -0.1) is 0 Å². The molecule has 47 heavy (non-hydrogen) atoms. The summed E-state index contributed by atoms with van der Waals surface area (Å²) >= 11 is 0. The van der Waals surface area contributed by atoms with Crippen molar-refractivity contribution in [1.82, 2.24) is 13.9 Å². The number of Topliss-reactive ketones (excluding diaryl/α,β-unsaturated/α-hetero) is 1. The van der Waals surface area contributed by atoms with Crippen molar-refractivity contribution in [3.63, 3.8) is 0 Å². The predicted molar refractivity (Wildman–Crippen MR) is 176 cm³/mol. The molecule has 2 aliphatic heterocycles. The molecule has 2 amide bonds. The molecule has 3 heterocycles. The third-order valence-corrected chi connectivity index (χ3v) is 12.8. The van der Waals surface area contributed by atoms with Crippen LogP contribution >= 0.6 is 0 Å². The number of carbonyl (C=O) groups excluding carboxylic acids is 3. The third-order valence-electron chi connectivity index (χ3n) is 11.3. The molecular weight excluding hydrogens is 623 g/mol. The van der Waals surface area contributed by atoms with Crippen molar-refractivity contribution < 1.29 is 31.6 Å². The number of nitrogens with two attached hydrogens (primary N) is 1. The summed E-state index contributed by atoms with van der Waals surface area (Å²) in [5.41, 5.74) is 7.13. The van der Waals surface area contributed by atoms with Crippen LogP contribution in [0.4, 0.5) is 4.39 Å². The Balaban J connectivity index is 1.16. The summed E-state index contributed by atoms with van der Waals surface area (Å²) in [6, 6.07) is 5.85. The first kappa shape index (κ1) is 34.0. The number of fused-ring (bicyclic) bond motifs is 1. The van der Waals surface area contributed by atoms with Crippen molar-refractivity contribution in [1.29, 1.82) is 0 Å². The highest BCUT2D eigenvalue weighted by Crippen LogP contribution is 2.41. The average molecular weight is 673 g/mol. The first-order valence-electron chi connectivity index (χ1n) is 17.6. The number of ketones is 1. The lowest BCUT2D eigenvalue weighted by molar-refractivity contribution is -0.143. The number of nitrogens with one attached hydrogen (secondary N) is 1. The molecule has 1 aromatic carbocycles. The van der Waals surface area contributed by atoms with Crippen LogP contribution in [0.3, 0.4) is 0 Å². The number of hydrogen-bond donors (Lipinski definition) is 2. The fourth-order valence-corrected chi connectivity index (χ4v) is 9.85. The Morgan fingerprint density at radius 2 is 1.62 bits per heavy atom. The van der Waals surface area contributed by atoms with Crippen molar-refractivity contribution in [2.45, 2.75) is 102 Å². The summed E-state index contributed by atoms with van der Waals surface area (Å²) in [7, 11) is -3.97. The van der Waals surface area contributed by atoms with Crippen molar-refractivity contribution in [3.8, 4) is 0 Å². The molecule has 2 saturated heterocycles. The van der Waals surface area contributed by atoms with Crippen LogP contribution in [-0.2, 0) is 26.2 Å². The molecule has 3 N–H and O–H groups in total. The lowest BCUT2D eigenvalue weighted by atomic mass is 9.75. The molecule has 6 rings (SSSR count). The highest BCUT2D eigenvalue weighted by molar-refractivity contribution is 7.87. The van der Waals surface area contributed by atoms with E-state index in [1.54, 1.807) is 18.2 Å². The zero-order valence-corrected chi connectivity index (χ0v) is 28.0. The molecule has 258 valence electrons. The minimum absolute atomic E-state index is 0.0213. The van der Waals surface area contributed by atoms with E-state index in [4.69, 9.17) is 10.2 Å². The standard InChI is InChI=1S/C35H49FN4O6S/c36-22-29(37)25-10-12-26(13-11-25)35(43)40-18-15-28(24-7-3-1-4-8-24)33(40)30(41)20-23-9-14-31-27(19-23)21-32(46-31)34(42)38-47(44,45)39-16-5-2-6-17-39/h9,14,19,21,24-26,28-29,33H,1-8,10-13,15-18,20,22,37H2,(H,38,42)/t25?,26?,28-,29+,33-/m0/s1. The lowest BCUT2D eigenvalue weighted by Gasteiger charge is -2.37. The quantitative estimate of drug-likeness (QED) is 0.365. The first-order chi connectivity index (χ1) is 22.6. The van der Waals surface area contributed by atoms with Crippen molar-refractivity contribution >= 4 is 38.8 Å². The minimum Gasteiger partial charge on any atom is -0.451 e. The molecule has 0 radical (unpaired) electrons. The van der Waals surface area contributed by atoms with Gasteiger partial charge in [0.25, 0.3) is 0 Å². The number of alkyl halides is 1. The molecule has 2 saturated carbocycles. The van der Waals surface area contributed by atoms with E-state index >= 15 is 0 Å². The number of furan rings is 1. The Hall–Kier alpha value is -2.83. The van der Waals surface area contributed by atoms with E-state index in [2.05, 4.69) is 4.72 Å². The van der Waals surface area contributed by atoms with Gasteiger partial charge in [0.15, 0.2) is 11.5 Å². The highest BCUT2D eigenvalue weighted by atomic mass is 32.2. The number of likely N-dealkylation sites (tertiary alicyclic amines) is 1. The van der Waals surface area contributed by atoms with E-state index in [1.165, 1.54) is 16.8 Å². The van der Waals surface area contributed by atoms with E-state index < -0.39 is 34.9 Å². The van der Waals surface area contributed by atoms with Crippen LogP contribution in [-0.4, -0.2) is 73.6 Å². The smallest absolute Gasteiger partial charge is 0.304 e. The molecule has 3 atom stereocenters. The lowest BCUT2D eigenvalue weighted by Crippen LogP contribution is -2.48. The number of carbonyl (C=O) groups is 3. The van der Waals surface area contributed by atoms with Gasteiger partial charge in [0.1, 0.15) is 12.3 Å². The van der Waals surface area contributed by atoms with Crippen LogP contribution in [0.15, 0.2) is 28.7 Å². The molecule has 1 aromatic heterocycles. The molecule has 2 aliphatic carbocycles. The first-order valence-corrected chi connectivity index (χ1v) is 19.1. The summed E-state index contributed by atoms with van der Waals surface area (Å²) < 4.78 is 47.7. The van der Waals surface area contributed by atoms with E-state index in [1.807, 2.05) is 4.90 Å². The van der Waals surface area contributed by atoms with Gasteiger partial charge in [0.05, 0.1) is 6.04 Å². The van der Waals surface area contributed by atoms with E-state index in [9.17, 15) is 27.2 Å². The third kappa shape index (κ3) is 7.59. The zero-order chi connectivity index (χ0) is 33.1. The normalized spacial score (nSPS) is 27.1. The maximum atomic E-state index is 14.2. The molecule has 0 spiro atoms. The Bertz CT molecular complexity index is 1540. The predicted octanol–water partition coefficient (Wildman–Crippen LogP) is 4.91. The highest BCUT2D eigenvalue weighted by Gasteiger charge is 2.46. The van der Waals surface area contributed by atoms with E-state index in [0.29, 0.717) is 49.4 Å². The van der Waals surface area contributed by atoms with Gasteiger partial charge in [0, 0.05) is 43.4 Å². The molecule has 0 unspecified atom stereocenters. The fourth-order valence-electron chi connectivity index (χ4n) is 8.64. The molecule has 4 fully saturated rings. The number of hydrogen-bond acceptors (Lipinski definition) is 7. The summed E-state index contributed by atoms with van der Waals surface area (Å²) in [4.78, 5) is 42.9. The van der Waals surface area contributed by atoms with Crippen LogP contribution < -0.4 is 10.5 Å². The van der Waals surface area contributed by atoms with Gasteiger partial charge in [-0.1, -0.05) is 44.6 Å². The van der Waals surface area contributed by atoms with Gasteiger partial charge in [-0.25, -0.2) is 9.11 Å².